The van der Waals surface area contributed by atoms with Gasteiger partial charge in [0.2, 0.25) is 0 Å². The lowest BCUT2D eigenvalue weighted by molar-refractivity contribution is 0.608. The van der Waals surface area contributed by atoms with Crippen molar-refractivity contribution in [3.05, 3.63) is 29.3 Å². The van der Waals surface area contributed by atoms with E-state index in [1.165, 1.54) is 16.2 Å². The molecule has 1 aromatic carbocycles. The summed E-state index contributed by atoms with van der Waals surface area (Å²) in [5, 5.41) is 3.28. The Morgan fingerprint density at radius 2 is 2.33 bits per heavy atom. The number of hydrogen-bond acceptors (Lipinski definition) is 2. The predicted octanol–water partition coefficient (Wildman–Crippen LogP) is 3.05. The minimum atomic E-state index is 0.562. The SMILES string of the molecule is CNC(C)Cc1ccc2c(c1)SCC2C. The molecule has 0 aromatic heterocycles. The van der Waals surface area contributed by atoms with Gasteiger partial charge in [0.05, 0.1) is 0 Å². The Hall–Kier alpha value is -0.470. The van der Waals surface area contributed by atoms with E-state index in [4.69, 9.17) is 0 Å². The second kappa shape index (κ2) is 4.58. The van der Waals surface area contributed by atoms with E-state index < -0.39 is 0 Å². The summed E-state index contributed by atoms with van der Waals surface area (Å²) in [7, 11) is 2.02. The monoisotopic (exact) mass is 221 g/mol. The lowest BCUT2D eigenvalue weighted by atomic mass is 9.99. The predicted molar refractivity (Wildman–Crippen MR) is 67.8 cm³/mol. The van der Waals surface area contributed by atoms with E-state index in [1.807, 2.05) is 18.8 Å². The molecule has 2 heteroatoms. The quantitative estimate of drug-likeness (QED) is 0.842. The highest BCUT2D eigenvalue weighted by atomic mass is 32.2. The number of fused-ring (bicyclic) bond motifs is 1. The van der Waals surface area contributed by atoms with Gasteiger partial charge in [0.25, 0.3) is 0 Å². The average molecular weight is 221 g/mol. The van der Waals surface area contributed by atoms with E-state index in [0.29, 0.717) is 6.04 Å². The third-order valence-corrected chi connectivity index (χ3v) is 4.46. The molecule has 0 amide bonds. The van der Waals surface area contributed by atoms with Crippen LogP contribution in [0, 0.1) is 0 Å². The maximum atomic E-state index is 3.28. The molecule has 2 rings (SSSR count). The third kappa shape index (κ3) is 2.37. The lowest BCUT2D eigenvalue weighted by Gasteiger charge is -2.11. The molecule has 0 bridgehead atoms. The maximum Gasteiger partial charge on any atom is 0.0110 e. The number of thioether (sulfide) groups is 1. The van der Waals surface area contributed by atoms with Gasteiger partial charge in [-0.15, -0.1) is 11.8 Å². The average Bonchev–Trinajstić information content (AvgIpc) is 2.60. The number of benzene rings is 1. The number of rotatable bonds is 3. The molecule has 1 nitrogen and oxygen atoms in total. The molecule has 1 aliphatic rings. The molecular weight excluding hydrogens is 202 g/mol. The minimum Gasteiger partial charge on any atom is -0.317 e. The van der Waals surface area contributed by atoms with Crippen LogP contribution in [-0.4, -0.2) is 18.8 Å². The number of likely N-dealkylation sites (N-methyl/N-ethyl adjacent to an activating group) is 1. The first-order chi connectivity index (χ1) is 7.20. The Kier molecular flexibility index (Phi) is 3.37. The molecule has 0 spiro atoms. The highest BCUT2D eigenvalue weighted by Gasteiger charge is 2.19. The molecule has 1 heterocycles. The fourth-order valence-corrected chi connectivity index (χ4v) is 3.28. The zero-order chi connectivity index (χ0) is 10.8. The van der Waals surface area contributed by atoms with Crippen LogP contribution in [-0.2, 0) is 6.42 Å². The van der Waals surface area contributed by atoms with E-state index in [1.54, 1.807) is 5.56 Å². The fraction of sp³-hybridized carbons (Fsp3) is 0.538. The Morgan fingerprint density at radius 3 is 3.07 bits per heavy atom. The Labute approximate surface area is 96.7 Å². The van der Waals surface area contributed by atoms with Crippen molar-refractivity contribution in [1.29, 1.82) is 0 Å². The van der Waals surface area contributed by atoms with Gasteiger partial charge in [-0.05, 0) is 43.5 Å². The van der Waals surface area contributed by atoms with E-state index >= 15 is 0 Å². The van der Waals surface area contributed by atoms with Crippen molar-refractivity contribution >= 4 is 11.8 Å². The summed E-state index contributed by atoms with van der Waals surface area (Å²) in [5.41, 5.74) is 3.00. The van der Waals surface area contributed by atoms with Crippen LogP contribution in [0.25, 0.3) is 0 Å². The Balaban J connectivity index is 2.16. The summed E-state index contributed by atoms with van der Waals surface area (Å²) in [6, 6.07) is 7.54. The second-order valence-corrected chi connectivity index (χ2v) is 5.54. The van der Waals surface area contributed by atoms with Crippen molar-refractivity contribution < 1.29 is 0 Å². The Morgan fingerprint density at radius 1 is 1.53 bits per heavy atom. The molecule has 2 atom stereocenters. The second-order valence-electron chi connectivity index (χ2n) is 4.48. The summed E-state index contributed by atoms with van der Waals surface area (Å²) in [6.45, 7) is 4.54. The molecule has 0 fully saturated rings. The van der Waals surface area contributed by atoms with E-state index in [9.17, 15) is 0 Å². The van der Waals surface area contributed by atoms with Gasteiger partial charge in [0.15, 0.2) is 0 Å². The van der Waals surface area contributed by atoms with Gasteiger partial charge in [-0.3, -0.25) is 0 Å². The molecule has 0 aliphatic carbocycles. The van der Waals surface area contributed by atoms with E-state index in [2.05, 4.69) is 37.4 Å². The number of nitrogens with one attached hydrogen (secondary N) is 1. The van der Waals surface area contributed by atoms with Crippen LogP contribution in [0.5, 0.6) is 0 Å². The van der Waals surface area contributed by atoms with Crippen LogP contribution >= 0.6 is 11.8 Å². The summed E-state index contributed by atoms with van der Waals surface area (Å²) in [5.74, 6) is 1.99. The summed E-state index contributed by atoms with van der Waals surface area (Å²) < 4.78 is 0. The smallest absolute Gasteiger partial charge is 0.0110 e. The molecule has 1 aliphatic heterocycles. The third-order valence-electron chi connectivity index (χ3n) is 3.13. The topological polar surface area (TPSA) is 12.0 Å². The normalized spacial score (nSPS) is 21.4. The van der Waals surface area contributed by atoms with Gasteiger partial charge in [-0.1, -0.05) is 19.1 Å². The highest BCUT2D eigenvalue weighted by Crippen LogP contribution is 2.39. The maximum absolute atomic E-state index is 3.28. The first-order valence-electron chi connectivity index (χ1n) is 5.63. The lowest BCUT2D eigenvalue weighted by Crippen LogP contribution is -2.23. The van der Waals surface area contributed by atoms with Gasteiger partial charge in [0, 0.05) is 16.7 Å². The van der Waals surface area contributed by atoms with Crippen molar-refractivity contribution in [3.63, 3.8) is 0 Å². The zero-order valence-electron chi connectivity index (χ0n) is 9.71. The first kappa shape index (κ1) is 11.0. The zero-order valence-corrected chi connectivity index (χ0v) is 10.5. The van der Waals surface area contributed by atoms with Gasteiger partial charge in [-0.2, -0.15) is 0 Å². The van der Waals surface area contributed by atoms with Crippen LogP contribution in [0.4, 0.5) is 0 Å². The highest BCUT2D eigenvalue weighted by molar-refractivity contribution is 7.99. The van der Waals surface area contributed by atoms with Gasteiger partial charge < -0.3 is 5.32 Å². The minimum absolute atomic E-state index is 0.562. The van der Waals surface area contributed by atoms with Crippen LogP contribution in [0.1, 0.15) is 30.9 Å². The molecule has 1 N–H and O–H groups in total. The van der Waals surface area contributed by atoms with E-state index in [0.717, 1.165) is 12.3 Å². The van der Waals surface area contributed by atoms with Gasteiger partial charge >= 0.3 is 0 Å². The van der Waals surface area contributed by atoms with Crippen molar-refractivity contribution in [2.45, 2.75) is 37.1 Å². The summed E-state index contributed by atoms with van der Waals surface area (Å²) >= 11 is 2.00. The van der Waals surface area contributed by atoms with Crippen LogP contribution in [0.3, 0.4) is 0 Å². The number of hydrogen-bond donors (Lipinski definition) is 1. The summed E-state index contributed by atoms with van der Waals surface area (Å²) in [4.78, 5) is 1.50. The molecule has 0 saturated heterocycles. The molecular formula is C13H19NS. The van der Waals surface area contributed by atoms with Crippen molar-refractivity contribution in [2.24, 2.45) is 0 Å². The van der Waals surface area contributed by atoms with E-state index in [-0.39, 0.29) is 0 Å². The molecule has 2 unspecified atom stereocenters. The molecule has 0 saturated carbocycles. The van der Waals surface area contributed by atoms with Gasteiger partial charge in [0.1, 0.15) is 0 Å². The van der Waals surface area contributed by atoms with Crippen molar-refractivity contribution in [2.75, 3.05) is 12.8 Å². The largest absolute Gasteiger partial charge is 0.317 e. The molecule has 82 valence electrons. The molecule has 15 heavy (non-hydrogen) atoms. The van der Waals surface area contributed by atoms with Crippen LogP contribution in [0.2, 0.25) is 0 Å². The summed E-state index contributed by atoms with van der Waals surface area (Å²) in [6.07, 6.45) is 1.12. The van der Waals surface area contributed by atoms with Crippen molar-refractivity contribution in [1.82, 2.24) is 5.32 Å². The Bertz CT molecular complexity index is 348. The van der Waals surface area contributed by atoms with Crippen molar-refractivity contribution in [3.8, 4) is 0 Å². The first-order valence-corrected chi connectivity index (χ1v) is 6.62. The van der Waals surface area contributed by atoms with Gasteiger partial charge in [-0.25, -0.2) is 0 Å². The standard InChI is InChI=1S/C13H19NS/c1-9-8-15-13-7-11(4-5-12(9)13)6-10(2)14-3/h4-5,7,9-10,14H,6,8H2,1-3H3. The molecule has 1 aromatic rings. The molecule has 0 radical (unpaired) electrons. The fourth-order valence-electron chi connectivity index (χ4n) is 2.00. The van der Waals surface area contributed by atoms with Crippen LogP contribution < -0.4 is 5.32 Å². The van der Waals surface area contributed by atoms with Crippen LogP contribution in [0.15, 0.2) is 23.1 Å².